The number of ether oxygens (including phenoxy) is 1. The van der Waals surface area contributed by atoms with Crippen molar-refractivity contribution in [3.05, 3.63) is 98.7 Å². The summed E-state index contributed by atoms with van der Waals surface area (Å²) >= 11 is 6.10. The standard InChI is InChI=1S/C27H23ClO5/c1-27(2,3)19-9-7-17(8-10-19)24-25(23(29)21-14-20(28)11-12-22(21)33-24)32-15-16-5-4-6-18(13-16)26(30)31/h4-14H,15H2,1-3H3,(H,30,31)/p-1. The maximum absolute atomic E-state index is 13.3. The number of carboxylic acid groups (broad SMARTS) is 1. The summed E-state index contributed by atoms with van der Waals surface area (Å²) in [7, 11) is 0. The third-order valence-electron chi connectivity index (χ3n) is 5.37. The molecule has 5 nitrogen and oxygen atoms in total. The van der Waals surface area contributed by atoms with E-state index in [-0.39, 0.29) is 28.8 Å². The van der Waals surface area contributed by atoms with Gasteiger partial charge in [-0.05, 0) is 46.4 Å². The molecule has 0 bridgehead atoms. The molecule has 0 N–H and O–H groups in total. The molecule has 1 aromatic heterocycles. The predicted octanol–water partition coefficient (Wildman–Crippen LogP) is 5.35. The van der Waals surface area contributed by atoms with Gasteiger partial charge in [0.25, 0.3) is 0 Å². The third kappa shape index (κ3) is 4.78. The molecule has 168 valence electrons. The highest BCUT2D eigenvalue weighted by atomic mass is 35.5. The van der Waals surface area contributed by atoms with Crippen LogP contribution >= 0.6 is 11.6 Å². The molecule has 0 aliphatic rings. The summed E-state index contributed by atoms with van der Waals surface area (Å²) in [6.07, 6.45) is 0. The van der Waals surface area contributed by atoms with Crippen LogP contribution in [-0.4, -0.2) is 5.97 Å². The minimum atomic E-state index is -1.28. The van der Waals surface area contributed by atoms with Crippen LogP contribution in [0.2, 0.25) is 5.02 Å². The fourth-order valence-corrected chi connectivity index (χ4v) is 3.71. The maximum Gasteiger partial charge on any atom is 0.235 e. The largest absolute Gasteiger partial charge is 0.545 e. The number of carbonyl (C=O) groups is 1. The SMILES string of the molecule is CC(C)(C)c1ccc(-c2oc3ccc(Cl)cc3c(=O)c2OCc2cccc(C(=O)[O-])c2)cc1. The van der Waals surface area contributed by atoms with Gasteiger partial charge in [0.2, 0.25) is 11.2 Å². The van der Waals surface area contributed by atoms with Crippen molar-refractivity contribution in [3.8, 4) is 17.1 Å². The second kappa shape index (κ2) is 8.75. The van der Waals surface area contributed by atoms with Crippen LogP contribution in [-0.2, 0) is 12.0 Å². The highest BCUT2D eigenvalue weighted by Gasteiger charge is 2.20. The summed E-state index contributed by atoms with van der Waals surface area (Å²) in [6.45, 7) is 6.34. The van der Waals surface area contributed by atoms with Gasteiger partial charge in [-0.15, -0.1) is 0 Å². The van der Waals surface area contributed by atoms with E-state index in [4.69, 9.17) is 20.8 Å². The summed E-state index contributed by atoms with van der Waals surface area (Å²) in [6, 6.07) is 18.8. The predicted molar refractivity (Wildman–Crippen MR) is 127 cm³/mol. The van der Waals surface area contributed by atoms with Gasteiger partial charge in [-0.2, -0.15) is 0 Å². The third-order valence-corrected chi connectivity index (χ3v) is 5.60. The maximum atomic E-state index is 13.3. The Morgan fingerprint density at radius 3 is 2.42 bits per heavy atom. The van der Waals surface area contributed by atoms with E-state index in [1.165, 1.54) is 12.1 Å². The van der Waals surface area contributed by atoms with Crippen molar-refractivity contribution in [3.63, 3.8) is 0 Å². The van der Waals surface area contributed by atoms with Gasteiger partial charge >= 0.3 is 0 Å². The van der Waals surface area contributed by atoms with E-state index < -0.39 is 5.97 Å². The molecule has 0 unspecified atom stereocenters. The molecule has 0 aliphatic carbocycles. The van der Waals surface area contributed by atoms with E-state index in [2.05, 4.69) is 20.8 Å². The zero-order chi connectivity index (χ0) is 23.8. The number of carbonyl (C=O) groups excluding carboxylic acids is 1. The van der Waals surface area contributed by atoms with Crippen molar-refractivity contribution in [2.45, 2.75) is 32.8 Å². The lowest BCUT2D eigenvalue weighted by Crippen LogP contribution is -2.22. The van der Waals surface area contributed by atoms with Crippen molar-refractivity contribution in [1.29, 1.82) is 0 Å². The van der Waals surface area contributed by atoms with Gasteiger partial charge in [-0.1, -0.05) is 74.8 Å². The van der Waals surface area contributed by atoms with Crippen molar-refractivity contribution in [1.82, 2.24) is 0 Å². The Bertz CT molecular complexity index is 1400. The molecular weight excluding hydrogens is 440 g/mol. The molecule has 3 aromatic carbocycles. The zero-order valence-electron chi connectivity index (χ0n) is 18.5. The molecule has 0 amide bonds. The minimum Gasteiger partial charge on any atom is -0.545 e. The number of rotatable bonds is 5. The van der Waals surface area contributed by atoms with Gasteiger partial charge in [0.1, 0.15) is 12.2 Å². The Morgan fingerprint density at radius 1 is 1.03 bits per heavy atom. The van der Waals surface area contributed by atoms with Crippen molar-refractivity contribution < 1.29 is 19.1 Å². The number of hydrogen-bond acceptors (Lipinski definition) is 5. The minimum absolute atomic E-state index is 0.0228. The number of aromatic carboxylic acids is 1. The molecule has 0 saturated heterocycles. The van der Waals surface area contributed by atoms with E-state index in [1.54, 1.807) is 30.3 Å². The molecular formula is C27H22ClO5-. The summed E-state index contributed by atoms with van der Waals surface area (Å²) in [4.78, 5) is 24.5. The van der Waals surface area contributed by atoms with Gasteiger partial charge in [0.05, 0.1) is 11.4 Å². The van der Waals surface area contributed by atoms with Crippen LogP contribution in [0.15, 0.2) is 75.9 Å². The van der Waals surface area contributed by atoms with Crippen LogP contribution in [0.3, 0.4) is 0 Å². The van der Waals surface area contributed by atoms with Gasteiger partial charge in [-0.3, -0.25) is 4.79 Å². The van der Waals surface area contributed by atoms with Crippen LogP contribution < -0.4 is 15.3 Å². The van der Waals surface area contributed by atoms with E-state index in [1.807, 2.05) is 24.3 Å². The second-order valence-electron chi connectivity index (χ2n) is 8.83. The highest BCUT2D eigenvalue weighted by Crippen LogP contribution is 2.33. The summed E-state index contributed by atoms with van der Waals surface area (Å²) < 4.78 is 12.0. The van der Waals surface area contributed by atoms with E-state index in [0.29, 0.717) is 32.9 Å². The molecule has 0 atom stereocenters. The first kappa shape index (κ1) is 22.6. The zero-order valence-corrected chi connectivity index (χ0v) is 19.2. The van der Waals surface area contributed by atoms with Crippen LogP contribution in [0.5, 0.6) is 5.75 Å². The molecule has 4 rings (SSSR count). The monoisotopic (exact) mass is 461 g/mol. The second-order valence-corrected chi connectivity index (χ2v) is 9.27. The van der Waals surface area contributed by atoms with E-state index in [9.17, 15) is 14.7 Å². The molecule has 4 aromatic rings. The van der Waals surface area contributed by atoms with Crippen LogP contribution in [0.25, 0.3) is 22.3 Å². The average molecular weight is 462 g/mol. The average Bonchev–Trinajstić information content (AvgIpc) is 2.78. The Morgan fingerprint density at radius 2 is 1.76 bits per heavy atom. The highest BCUT2D eigenvalue weighted by molar-refractivity contribution is 6.31. The Kier molecular flexibility index (Phi) is 6.00. The molecule has 6 heteroatoms. The number of hydrogen-bond donors (Lipinski definition) is 0. The molecule has 33 heavy (non-hydrogen) atoms. The number of carboxylic acids is 1. The van der Waals surface area contributed by atoms with E-state index in [0.717, 1.165) is 5.56 Å². The van der Waals surface area contributed by atoms with Gasteiger partial charge in [0, 0.05) is 10.6 Å². The number of fused-ring (bicyclic) bond motifs is 1. The number of halogens is 1. The Labute approximate surface area is 196 Å². The fraction of sp³-hybridized carbons (Fsp3) is 0.185. The Balaban J connectivity index is 1.81. The molecule has 0 aliphatic heterocycles. The lowest BCUT2D eigenvalue weighted by atomic mass is 9.86. The molecule has 0 radical (unpaired) electrons. The number of benzene rings is 3. The van der Waals surface area contributed by atoms with Crippen molar-refractivity contribution in [2.24, 2.45) is 0 Å². The van der Waals surface area contributed by atoms with Crippen molar-refractivity contribution >= 4 is 28.5 Å². The Hall–Kier alpha value is -3.57. The molecule has 0 spiro atoms. The van der Waals surface area contributed by atoms with Gasteiger partial charge in [-0.25, -0.2) is 0 Å². The summed E-state index contributed by atoms with van der Waals surface area (Å²) in [5, 5.41) is 11.9. The fourth-order valence-electron chi connectivity index (χ4n) is 3.54. The lowest BCUT2D eigenvalue weighted by Gasteiger charge is -2.19. The summed E-state index contributed by atoms with van der Waals surface area (Å²) in [5.41, 5.74) is 2.46. The summed E-state index contributed by atoms with van der Waals surface area (Å²) in [5.74, 6) is -0.949. The molecule has 1 heterocycles. The first-order valence-electron chi connectivity index (χ1n) is 10.4. The van der Waals surface area contributed by atoms with E-state index >= 15 is 0 Å². The van der Waals surface area contributed by atoms with Gasteiger partial charge < -0.3 is 19.1 Å². The van der Waals surface area contributed by atoms with Gasteiger partial charge in [0.15, 0.2) is 5.76 Å². The quantitative estimate of drug-likeness (QED) is 0.400. The van der Waals surface area contributed by atoms with Crippen molar-refractivity contribution in [2.75, 3.05) is 0 Å². The van der Waals surface area contributed by atoms with Crippen LogP contribution in [0.1, 0.15) is 42.3 Å². The first-order valence-corrected chi connectivity index (χ1v) is 10.8. The van der Waals surface area contributed by atoms with Crippen LogP contribution in [0.4, 0.5) is 0 Å². The molecule has 0 fully saturated rings. The topological polar surface area (TPSA) is 79.6 Å². The molecule has 0 saturated carbocycles. The van der Waals surface area contributed by atoms with Crippen LogP contribution in [0, 0.1) is 0 Å². The smallest absolute Gasteiger partial charge is 0.235 e. The first-order chi connectivity index (χ1) is 15.6. The lowest BCUT2D eigenvalue weighted by molar-refractivity contribution is -0.255. The normalized spacial score (nSPS) is 11.5.